The van der Waals surface area contributed by atoms with Crippen LogP contribution in [-0.2, 0) is 9.53 Å². The van der Waals surface area contributed by atoms with Crippen molar-refractivity contribution in [2.24, 2.45) is 0 Å². The van der Waals surface area contributed by atoms with Gasteiger partial charge in [0.2, 0.25) is 11.9 Å². The second-order valence-corrected chi connectivity index (χ2v) is 10.1. The summed E-state index contributed by atoms with van der Waals surface area (Å²) in [6, 6.07) is 23.0. The molecule has 2 amide bonds. The van der Waals surface area contributed by atoms with Crippen molar-refractivity contribution in [2.45, 2.75) is 32.8 Å². The number of carbonyl (C=O) groups excluding carboxylic acids is 2. The lowest BCUT2D eigenvalue weighted by Crippen LogP contribution is -2.42. The van der Waals surface area contributed by atoms with Gasteiger partial charge in [-0.05, 0) is 74.7 Å². The first-order valence-electron chi connectivity index (χ1n) is 13.5. The molecule has 8 nitrogen and oxygen atoms in total. The van der Waals surface area contributed by atoms with Crippen molar-refractivity contribution in [1.29, 1.82) is 0 Å². The number of methoxy groups -OCH3 is 1. The molecule has 1 atom stereocenters. The molecule has 1 aliphatic heterocycles. The van der Waals surface area contributed by atoms with Gasteiger partial charge in [-0.15, -0.1) is 0 Å². The van der Waals surface area contributed by atoms with Crippen LogP contribution in [0.4, 0.5) is 5.95 Å². The predicted octanol–water partition coefficient (Wildman–Crippen LogP) is 5.42. The fraction of sp³-hybridized carbons (Fsp3) is 0.281. The first kappa shape index (κ1) is 27.1. The summed E-state index contributed by atoms with van der Waals surface area (Å²) in [5.74, 6) is 0.602. The molecule has 1 unspecified atom stereocenters. The van der Waals surface area contributed by atoms with E-state index in [1.165, 1.54) is 0 Å². The number of ether oxygens (including phenoxy) is 2. The van der Waals surface area contributed by atoms with Crippen LogP contribution in [0.2, 0.25) is 0 Å². The third kappa shape index (κ3) is 6.24. The van der Waals surface area contributed by atoms with E-state index in [-0.39, 0.29) is 24.5 Å². The highest BCUT2D eigenvalue weighted by Crippen LogP contribution is 2.26. The molecule has 5 rings (SSSR count). The van der Waals surface area contributed by atoms with E-state index in [2.05, 4.69) is 5.32 Å². The zero-order valence-electron chi connectivity index (χ0n) is 23.1. The van der Waals surface area contributed by atoms with Crippen molar-refractivity contribution in [3.05, 3.63) is 95.7 Å². The number of hydrogen-bond donors (Lipinski definition) is 1. The van der Waals surface area contributed by atoms with E-state index in [4.69, 9.17) is 14.5 Å². The summed E-state index contributed by atoms with van der Waals surface area (Å²) in [5.41, 5.74) is 5.02. The normalized spacial score (nSPS) is 14.6. The molecule has 40 heavy (non-hydrogen) atoms. The Morgan fingerprint density at radius 3 is 2.48 bits per heavy atom. The van der Waals surface area contributed by atoms with Crippen LogP contribution >= 0.6 is 0 Å². The van der Waals surface area contributed by atoms with Crippen molar-refractivity contribution in [3.8, 4) is 22.7 Å². The average Bonchev–Trinajstić information content (AvgIpc) is 3.63. The molecule has 0 aliphatic carbocycles. The maximum Gasteiger partial charge on any atom is 0.254 e. The first-order valence-corrected chi connectivity index (χ1v) is 13.5. The number of rotatable bonds is 9. The maximum atomic E-state index is 13.6. The molecule has 0 saturated carbocycles. The zero-order valence-corrected chi connectivity index (χ0v) is 23.1. The highest BCUT2D eigenvalue weighted by molar-refractivity contribution is 6.00. The van der Waals surface area contributed by atoms with Gasteiger partial charge in [0, 0.05) is 36.2 Å². The molecule has 2 heterocycles. The van der Waals surface area contributed by atoms with Crippen LogP contribution in [-0.4, -0.2) is 59.2 Å². The Balaban J connectivity index is 1.42. The Hall–Kier alpha value is -4.43. The van der Waals surface area contributed by atoms with E-state index in [1.54, 1.807) is 18.1 Å². The van der Waals surface area contributed by atoms with Gasteiger partial charge in [-0.3, -0.25) is 19.5 Å². The standard InChI is InChI=1S/C32H34N4O4/c1-22-10-14-25(15-11-22)36-20-29(24-12-16-26(39-3)17-13-24)33-32(36)34-30(37)21-35(19-27-8-6-18-40-27)31(38)28-9-5-4-7-23(28)2/h4-5,7,9-17,20,27H,6,8,18-19,21H2,1-3H3,(H,33,34,37). The topological polar surface area (TPSA) is 85.7 Å². The number of nitrogens with one attached hydrogen (secondary N) is 1. The molecular formula is C32H34N4O4. The third-order valence-electron chi connectivity index (χ3n) is 7.10. The number of imidazole rings is 1. The summed E-state index contributed by atoms with van der Waals surface area (Å²) in [6.07, 6.45) is 3.62. The minimum atomic E-state index is -0.333. The first-order chi connectivity index (χ1) is 19.4. The highest BCUT2D eigenvalue weighted by atomic mass is 16.5. The van der Waals surface area contributed by atoms with Crippen LogP contribution in [0, 0.1) is 13.8 Å². The van der Waals surface area contributed by atoms with Gasteiger partial charge in [0.05, 0.1) is 18.9 Å². The van der Waals surface area contributed by atoms with Crippen LogP contribution < -0.4 is 10.1 Å². The lowest BCUT2D eigenvalue weighted by molar-refractivity contribution is -0.117. The number of nitrogens with zero attached hydrogens (tertiary/aromatic N) is 3. The number of anilines is 1. The van der Waals surface area contributed by atoms with E-state index in [0.717, 1.165) is 41.0 Å². The van der Waals surface area contributed by atoms with Gasteiger partial charge < -0.3 is 14.4 Å². The molecule has 0 bridgehead atoms. The van der Waals surface area contributed by atoms with Crippen LogP contribution in [0.1, 0.15) is 34.3 Å². The van der Waals surface area contributed by atoms with E-state index in [9.17, 15) is 9.59 Å². The Labute approximate surface area is 234 Å². The second kappa shape index (κ2) is 12.2. The van der Waals surface area contributed by atoms with Crippen LogP contribution in [0.3, 0.4) is 0 Å². The minimum Gasteiger partial charge on any atom is -0.497 e. The molecule has 0 spiro atoms. The van der Waals surface area contributed by atoms with Gasteiger partial charge in [-0.1, -0.05) is 35.9 Å². The second-order valence-electron chi connectivity index (χ2n) is 10.1. The molecule has 1 saturated heterocycles. The molecule has 1 aromatic heterocycles. The Morgan fingerprint density at radius 2 is 1.80 bits per heavy atom. The average molecular weight is 539 g/mol. The van der Waals surface area contributed by atoms with Gasteiger partial charge in [-0.2, -0.15) is 0 Å². The summed E-state index contributed by atoms with van der Waals surface area (Å²) >= 11 is 0. The molecular weight excluding hydrogens is 504 g/mol. The predicted molar refractivity (Wildman–Crippen MR) is 155 cm³/mol. The van der Waals surface area contributed by atoms with Gasteiger partial charge >= 0.3 is 0 Å². The lowest BCUT2D eigenvalue weighted by Gasteiger charge is -2.25. The molecule has 3 aromatic carbocycles. The number of aryl methyl sites for hydroxylation is 2. The van der Waals surface area contributed by atoms with E-state index >= 15 is 0 Å². The van der Waals surface area contributed by atoms with Gasteiger partial charge in [-0.25, -0.2) is 4.98 Å². The highest BCUT2D eigenvalue weighted by Gasteiger charge is 2.26. The SMILES string of the molecule is COc1ccc(-c2cn(-c3ccc(C)cc3)c(NC(=O)CN(CC3CCCO3)C(=O)c3ccccc3C)n2)cc1. The van der Waals surface area contributed by atoms with Gasteiger partial charge in [0.1, 0.15) is 12.3 Å². The fourth-order valence-electron chi connectivity index (χ4n) is 4.85. The summed E-state index contributed by atoms with van der Waals surface area (Å²) in [7, 11) is 1.63. The molecule has 1 aliphatic rings. The van der Waals surface area contributed by atoms with Crippen molar-refractivity contribution >= 4 is 17.8 Å². The van der Waals surface area contributed by atoms with Crippen molar-refractivity contribution in [1.82, 2.24) is 14.5 Å². The number of hydrogen-bond acceptors (Lipinski definition) is 5. The van der Waals surface area contributed by atoms with Crippen molar-refractivity contribution in [3.63, 3.8) is 0 Å². The Kier molecular flexibility index (Phi) is 8.26. The van der Waals surface area contributed by atoms with Crippen LogP contribution in [0.25, 0.3) is 16.9 Å². The Bertz CT molecular complexity index is 1470. The van der Waals surface area contributed by atoms with Crippen molar-refractivity contribution in [2.75, 3.05) is 32.1 Å². The Morgan fingerprint density at radius 1 is 1.05 bits per heavy atom. The maximum absolute atomic E-state index is 13.6. The van der Waals surface area contributed by atoms with Gasteiger partial charge in [0.25, 0.3) is 5.91 Å². The molecule has 8 heteroatoms. The molecule has 0 radical (unpaired) electrons. The smallest absolute Gasteiger partial charge is 0.254 e. The monoisotopic (exact) mass is 538 g/mol. The van der Waals surface area contributed by atoms with E-state index in [1.807, 2.05) is 91.3 Å². The summed E-state index contributed by atoms with van der Waals surface area (Å²) in [4.78, 5) is 33.4. The molecule has 1 N–H and O–H groups in total. The molecule has 1 fully saturated rings. The summed E-state index contributed by atoms with van der Waals surface area (Å²) < 4.78 is 12.9. The largest absolute Gasteiger partial charge is 0.497 e. The van der Waals surface area contributed by atoms with Crippen molar-refractivity contribution < 1.29 is 19.1 Å². The fourth-order valence-corrected chi connectivity index (χ4v) is 4.85. The van der Waals surface area contributed by atoms with E-state index < -0.39 is 0 Å². The third-order valence-corrected chi connectivity index (χ3v) is 7.10. The van der Waals surface area contributed by atoms with E-state index in [0.29, 0.717) is 30.4 Å². The molecule has 4 aromatic rings. The van der Waals surface area contributed by atoms with Crippen LogP contribution in [0.15, 0.2) is 79.0 Å². The summed E-state index contributed by atoms with van der Waals surface area (Å²) in [5, 5.41) is 2.97. The number of carbonyl (C=O) groups is 2. The van der Waals surface area contributed by atoms with Gasteiger partial charge in [0.15, 0.2) is 0 Å². The number of benzene rings is 3. The van der Waals surface area contributed by atoms with Crippen LogP contribution in [0.5, 0.6) is 5.75 Å². The summed E-state index contributed by atoms with van der Waals surface area (Å²) in [6.45, 7) is 4.83. The lowest BCUT2D eigenvalue weighted by atomic mass is 10.1. The minimum absolute atomic E-state index is 0.0861. The zero-order chi connectivity index (χ0) is 28.1. The molecule has 206 valence electrons. The number of amides is 2. The quantitative estimate of drug-likeness (QED) is 0.307. The number of aromatic nitrogens is 2.